The van der Waals surface area contributed by atoms with Gasteiger partial charge in [0.1, 0.15) is 0 Å². The van der Waals surface area contributed by atoms with E-state index in [4.69, 9.17) is 4.42 Å². The molecule has 0 bridgehead atoms. The second-order valence-electron chi connectivity index (χ2n) is 6.35. The molecule has 0 aliphatic rings. The Hall–Kier alpha value is -1.39. The predicted octanol–water partition coefficient (Wildman–Crippen LogP) is 2.97. The highest BCUT2D eigenvalue weighted by atomic mass is 16.4. The third kappa shape index (κ3) is 3.09. The van der Waals surface area contributed by atoms with Gasteiger partial charge in [0, 0.05) is 11.3 Å². The summed E-state index contributed by atoms with van der Waals surface area (Å²) in [5.41, 5.74) is -1.28. The largest absolute Gasteiger partial charge is 0.481 e. The lowest BCUT2D eigenvalue weighted by Crippen LogP contribution is -2.33. The Balaban J connectivity index is 2.95. The van der Waals surface area contributed by atoms with Gasteiger partial charge in [0.05, 0.1) is 5.41 Å². The zero-order chi connectivity index (χ0) is 14.1. The molecule has 0 saturated carbocycles. The number of carboxylic acids is 1. The Bertz CT molecular complexity index is 433. The van der Waals surface area contributed by atoms with Crippen LogP contribution in [0, 0.1) is 5.41 Å². The highest BCUT2D eigenvalue weighted by Gasteiger charge is 2.38. The average molecular weight is 254 g/mol. The molecule has 0 aromatic carbocycles. The van der Waals surface area contributed by atoms with Gasteiger partial charge in [-0.2, -0.15) is 0 Å². The maximum Gasteiger partial charge on any atom is 0.309 e. The van der Waals surface area contributed by atoms with Gasteiger partial charge < -0.3 is 9.52 Å². The van der Waals surface area contributed by atoms with Gasteiger partial charge in [0.25, 0.3) is 0 Å². The molecule has 1 N–H and O–H groups in total. The Kier molecular flexibility index (Phi) is 3.84. The van der Waals surface area contributed by atoms with Crippen LogP contribution in [0.1, 0.15) is 65.7 Å². The number of carbonyl (C=O) groups is 1. The molecule has 0 fully saturated rings. The average Bonchev–Trinajstić information content (AvgIpc) is 2.64. The van der Waals surface area contributed by atoms with Crippen molar-refractivity contribution in [2.45, 2.75) is 59.3 Å². The van der Waals surface area contributed by atoms with Gasteiger partial charge >= 0.3 is 5.97 Å². The molecule has 1 rings (SSSR count). The minimum atomic E-state index is -0.823. The first-order valence-electron chi connectivity index (χ1n) is 6.13. The van der Waals surface area contributed by atoms with E-state index in [2.05, 4.69) is 10.2 Å². The SMILES string of the molecule is CC(C)c1nnc(C(C)(C)CC(C)(C)C(=O)O)o1. The number of aliphatic carboxylic acids is 1. The van der Waals surface area contributed by atoms with Gasteiger partial charge in [-0.3, -0.25) is 4.79 Å². The summed E-state index contributed by atoms with van der Waals surface area (Å²) in [7, 11) is 0. The molecule has 0 saturated heterocycles. The number of hydrogen-bond acceptors (Lipinski definition) is 4. The fourth-order valence-electron chi connectivity index (χ4n) is 2.00. The van der Waals surface area contributed by atoms with Crippen molar-refractivity contribution in [1.29, 1.82) is 0 Å². The number of hydrogen-bond donors (Lipinski definition) is 1. The molecule has 0 amide bonds. The molecule has 1 aromatic heterocycles. The standard InChI is InChI=1S/C13H22N2O3/c1-8(2)9-14-15-10(18-9)12(3,4)7-13(5,6)11(16)17/h8H,7H2,1-6H3,(H,16,17). The minimum absolute atomic E-state index is 0.175. The Morgan fingerprint density at radius 3 is 2.22 bits per heavy atom. The summed E-state index contributed by atoms with van der Waals surface area (Å²) in [4.78, 5) is 11.2. The summed E-state index contributed by atoms with van der Waals surface area (Å²) in [5, 5.41) is 17.2. The van der Waals surface area contributed by atoms with E-state index < -0.39 is 16.8 Å². The van der Waals surface area contributed by atoms with Crippen LogP contribution in [0.3, 0.4) is 0 Å². The molecule has 18 heavy (non-hydrogen) atoms. The first kappa shape index (κ1) is 14.7. The number of nitrogens with zero attached hydrogens (tertiary/aromatic N) is 2. The molecular formula is C13H22N2O3. The van der Waals surface area contributed by atoms with E-state index in [0.717, 1.165) is 0 Å². The molecule has 0 radical (unpaired) electrons. The lowest BCUT2D eigenvalue weighted by atomic mass is 9.75. The fourth-order valence-corrected chi connectivity index (χ4v) is 2.00. The van der Waals surface area contributed by atoms with Crippen molar-refractivity contribution in [2.24, 2.45) is 5.41 Å². The van der Waals surface area contributed by atoms with Gasteiger partial charge in [0.2, 0.25) is 11.8 Å². The monoisotopic (exact) mass is 254 g/mol. The number of carboxylic acid groups (broad SMARTS) is 1. The highest BCUT2D eigenvalue weighted by molar-refractivity contribution is 5.73. The van der Waals surface area contributed by atoms with Crippen LogP contribution in [-0.2, 0) is 10.2 Å². The van der Waals surface area contributed by atoms with Gasteiger partial charge in [-0.15, -0.1) is 10.2 Å². The summed E-state index contributed by atoms with van der Waals surface area (Å²) in [6, 6.07) is 0. The van der Waals surface area contributed by atoms with Crippen LogP contribution in [0.4, 0.5) is 0 Å². The third-order valence-electron chi connectivity index (χ3n) is 2.98. The molecule has 0 aliphatic heterocycles. The van der Waals surface area contributed by atoms with Crippen molar-refractivity contribution in [3.63, 3.8) is 0 Å². The normalized spacial score (nSPS) is 13.1. The summed E-state index contributed by atoms with van der Waals surface area (Å²) in [5.74, 6) is 0.445. The van der Waals surface area contributed by atoms with Gasteiger partial charge in [-0.25, -0.2) is 0 Å². The zero-order valence-corrected chi connectivity index (χ0v) is 11.9. The molecule has 102 valence electrons. The summed E-state index contributed by atoms with van der Waals surface area (Å²) >= 11 is 0. The second-order valence-corrected chi connectivity index (χ2v) is 6.35. The fraction of sp³-hybridized carbons (Fsp3) is 0.769. The first-order chi connectivity index (χ1) is 8.06. The molecule has 1 aromatic rings. The molecule has 5 nitrogen and oxygen atoms in total. The summed E-state index contributed by atoms with van der Waals surface area (Å²) in [6.45, 7) is 11.2. The van der Waals surface area contributed by atoms with E-state index in [0.29, 0.717) is 18.2 Å². The lowest BCUT2D eigenvalue weighted by Gasteiger charge is -2.29. The van der Waals surface area contributed by atoms with Crippen molar-refractivity contribution in [1.82, 2.24) is 10.2 Å². The first-order valence-corrected chi connectivity index (χ1v) is 6.13. The zero-order valence-electron chi connectivity index (χ0n) is 11.9. The van der Waals surface area contributed by atoms with E-state index in [1.165, 1.54) is 0 Å². The molecule has 0 unspecified atom stereocenters. The Labute approximate surface area is 108 Å². The minimum Gasteiger partial charge on any atom is -0.481 e. The van der Waals surface area contributed by atoms with Crippen molar-refractivity contribution in [2.75, 3.05) is 0 Å². The Morgan fingerprint density at radius 1 is 1.28 bits per heavy atom. The van der Waals surface area contributed by atoms with Crippen molar-refractivity contribution in [3.05, 3.63) is 11.8 Å². The van der Waals surface area contributed by atoms with E-state index in [1.54, 1.807) is 13.8 Å². The highest BCUT2D eigenvalue weighted by Crippen LogP contribution is 2.36. The van der Waals surface area contributed by atoms with Crippen LogP contribution in [-0.4, -0.2) is 21.3 Å². The second kappa shape index (κ2) is 4.71. The van der Waals surface area contributed by atoms with E-state index in [-0.39, 0.29) is 5.92 Å². The quantitative estimate of drug-likeness (QED) is 0.874. The topological polar surface area (TPSA) is 76.2 Å². The molecule has 0 atom stereocenters. The molecule has 0 aliphatic carbocycles. The molecular weight excluding hydrogens is 232 g/mol. The smallest absolute Gasteiger partial charge is 0.309 e. The Morgan fingerprint density at radius 2 is 1.83 bits per heavy atom. The van der Waals surface area contributed by atoms with Crippen molar-refractivity contribution < 1.29 is 14.3 Å². The van der Waals surface area contributed by atoms with Crippen LogP contribution in [0.2, 0.25) is 0 Å². The van der Waals surface area contributed by atoms with Crippen molar-refractivity contribution in [3.8, 4) is 0 Å². The van der Waals surface area contributed by atoms with E-state index >= 15 is 0 Å². The predicted molar refractivity (Wildman–Crippen MR) is 67.4 cm³/mol. The summed E-state index contributed by atoms with van der Waals surface area (Å²) < 4.78 is 5.62. The van der Waals surface area contributed by atoms with E-state index in [9.17, 15) is 9.90 Å². The maximum atomic E-state index is 11.2. The number of aromatic nitrogens is 2. The van der Waals surface area contributed by atoms with E-state index in [1.807, 2.05) is 27.7 Å². The molecule has 5 heteroatoms. The van der Waals surface area contributed by atoms with Gasteiger partial charge in [-0.05, 0) is 20.3 Å². The van der Waals surface area contributed by atoms with Crippen LogP contribution in [0.15, 0.2) is 4.42 Å². The van der Waals surface area contributed by atoms with Crippen molar-refractivity contribution >= 4 is 5.97 Å². The maximum absolute atomic E-state index is 11.2. The van der Waals surface area contributed by atoms with Crippen LogP contribution in [0.25, 0.3) is 0 Å². The molecule has 0 spiro atoms. The van der Waals surface area contributed by atoms with Crippen LogP contribution in [0.5, 0.6) is 0 Å². The summed E-state index contributed by atoms with van der Waals surface area (Å²) in [6.07, 6.45) is 0.440. The molecule has 1 heterocycles. The van der Waals surface area contributed by atoms with Crippen LogP contribution < -0.4 is 0 Å². The lowest BCUT2D eigenvalue weighted by molar-refractivity contribution is -0.148. The van der Waals surface area contributed by atoms with Crippen LogP contribution >= 0.6 is 0 Å². The van der Waals surface area contributed by atoms with Gasteiger partial charge in [0.15, 0.2) is 0 Å². The van der Waals surface area contributed by atoms with Gasteiger partial charge in [-0.1, -0.05) is 27.7 Å². The number of rotatable bonds is 5. The third-order valence-corrected chi connectivity index (χ3v) is 2.98.